The van der Waals surface area contributed by atoms with E-state index in [9.17, 15) is 0 Å². The number of hydrogen-bond donors (Lipinski definition) is 1. The maximum Gasteiger partial charge on any atom is 0.0192 e. The predicted octanol–water partition coefficient (Wildman–Crippen LogP) is 3.30. The van der Waals surface area contributed by atoms with Crippen molar-refractivity contribution in [2.75, 3.05) is 0 Å². The normalized spacial score (nSPS) is 10.4. The Balaban J connectivity index is 1.99. The zero-order chi connectivity index (χ0) is 10.1. The quantitative estimate of drug-likeness (QED) is 0.656. The van der Waals surface area contributed by atoms with Gasteiger partial charge < -0.3 is 5.73 Å². The Hall–Kier alpha value is -0.820. The molecule has 0 amide bonds. The highest BCUT2D eigenvalue weighted by atomic mass is 14.5. The second kappa shape index (κ2) is 7.57. The molecule has 0 saturated carbocycles. The number of hydrogen-bond acceptors (Lipinski definition) is 1. The van der Waals surface area contributed by atoms with Gasteiger partial charge in [0, 0.05) is 6.54 Å². The van der Waals surface area contributed by atoms with Crippen LogP contribution in [0.15, 0.2) is 30.3 Å². The first-order chi connectivity index (χ1) is 6.93. The average Bonchev–Trinajstić information content (AvgIpc) is 2.25. The number of aryl methyl sites for hydroxylation is 1. The van der Waals surface area contributed by atoms with E-state index in [4.69, 9.17) is 5.73 Å². The maximum absolute atomic E-state index is 5.31. The van der Waals surface area contributed by atoms with Crippen molar-refractivity contribution in [3.05, 3.63) is 42.4 Å². The van der Waals surface area contributed by atoms with E-state index >= 15 is 0 Å². The molecular formula is C13H20N. The number of nitrogens with two attached hydrogens (primary N) is 1. The Kier molecular flexibility index (Phi) is 6.09. The molecule has 77 valence electrons. The highest BCUT2D eigenvalue weighted by Crippen LogP contribution is 2.08. The van der Waals surface area contributed by atoms with Crippen molar-refractivity contribution in [1.82, 2.24) is 0 Å². The molecule has 0 aromatic heterocycles. The molecule has 0 bridgehead atoms. The van der Waals surface area contributed by atoms with Gasteiger partial charge in [0.15, 0.2) is 0 Å². The largest absolute Gasteiger partial charge is 0.326 e. The second-order valence-corrected chi connectivity index (χ2v) is 3.67. The summed E-state index contributed by atoms with van der Waals surface area (Å²) >= 11 is 0. The van der Waals surface area contributed by atoms with Crippen LogP contribution in [0, 0.1) is 6.54 Å². The van der Waals surface area contributed by atoms with Gasteiger partial charge >= 0.3 is 0 Å². The van der Waals surface area contributed by atoms with Crippen molar-refractivity contribution in [2.24, 2.45) is 5.73 Å². The zero-order valence-electron chi connectivity index (χ0n) is 8.78. The van der Waals surface area contributed by atoms with Crippen molar-refractivity contribution < 1.29 is 0 Å². The van der Waals surface area contributed by atoms with Crippen LogP contribution in [0.5, 0.6) is 0 Å². The van der Waals surface area contributed by atoms with Gasteiger partial charge in [0.05, 0.1) is 0 Å². The first-order valence-electron chi connectivity index (χ1n) is 5.51. The van der Waals surface area contributed by atoms with Crippen LogP contribution in [0.25, 0.3) is 0 Å². The van der Waals surface area contributed by atoms with Crippen molar-refractivity contribution in [3.8, 4) is 0 Å². The van der Waals surface area contributed by atoms with E-state index in [1.165, 1.54) is 37.7 Å². The van der Waals surface area contributed by atoms with Crippen molar-refractivity contribution >= 4 is 0 Å². The molecular weight excluding hydrogens is 170 g/mol. The summed E-state index contributed by atoms with van der Waals surface area (Å²) in [5.41, 5.74) is 6.77. The van der Waals surface area contributed by atoms with Crippen LogP contribution in [-0.4, -0.2) is 0 Å². The van der Waals surface area contributed by atoms with Gasteiger partial charge in [0.1, 0.15) is 0 Å². The molecule has 0 aliphatic rings. The molecule has 1 aromatic carbocycles. The monoisotopic (exact) mass is 190 g/mol. The van der Waals surface area contributed by atoms with E-state index < -0.39 is 0 Å². The Bertz CT molecular complexity index is 218. The fourth-order valence-electron chi connectivity index (χ4n) is 1.59. The Labute approximate surface area is 87.3 Å². The third-order valence-corrected chi connectivity index (χ3v) is 2.43. The summed E-state index contributed by atoms with van der Waals surface area (Å²) < 4.78 is 0. The SMILES string of the molecule is N[CH]CCCCCCc1ccccc1. The summed E-state index contributed by atoms with van der Waals surface area (Å²) in [6.45, 7) is 1.76. The molecule has 0 unspecified atom stereocenters. The van der Waals surface area contributed by atoms with Crippen molar-refractivity contribution in [1.29, 1.82) is 0 Å². The van der Waals surface area contributed by atoms with E-state index in [1.54, 1.807) is 6.54 Å². The van der Waals surface area contributed by atoms with Gasteiger partial charge in [-0.2, -0.15) is 0 Å². The van der Waals surface area contributed by atoms with Crippen LogP contribution in [0.1, 0.15) is 37.7 Å². The maximum atomic E-state index is 5.31. The van der Waals surface area contributed by atoms with Gasteiger partial charge in [-0.3, -0.25) is 0 Å². The van der Waals surface area contributed by atoms with Gasteiger partial charge in [0.2, 0.25) is 0 Å². The van der Waals surface area contributed by atoms with E-state index in [1.807, 2.05) is 0 Å². The van der Waals surface area contributed by atoms with Crippen LogP contribution in [0.2, 0.25) is 0 Å². The lowest BCUT2D eigenvalue weighted by Crippen LogP contribution is -1.90. The summed E-state index contributed by atoms with van der Waals surface area (Å²) in [6.07, 6.45) is 7.45. The van der Waals surface area contributed by atoms with Gasteiger partial charge in [-0.1, -0.05) is 49.6 Å². The fourth-order valence-corrected chi connectivity index (χ4v) is 1.59. The van der Waals surface area contributed by atoms with Gasteiger partial charge in [0.25, 0.3) is 0 Å². The summed E-state index contributed by atoms with van der Waals surface area (Å²) in [4.78, 5) is 0. The molecule has 0 atom stereocenters. The van der Waals surface area contributed by atoms with Crippen molar-refractivity contribution in [2.45, 2.75) is 38.5 Å². The van der Waals surface area contributed by atoms with Gasteiger partial charge in [-0.25, -0.2) is 0 Å². The average molecular weight is 190 g/mol. The molecule has 1 heteroatoms. The third kappa shape index (κ3) is 5.03. The summed E-state index contributed by atoms with van der Waals surface area (Å²) in [5.74, 6) is 0. The minimum atomic E-state index is 1.06. The van der Waals surface area contributed by atoms with Crippen LogP contribution >= 0.6 is 0 Å². The van der Waals surface area contributed by atoms with Crippen LogP contribution in [0.3, 0.4) is 0 Å². The molecule has 2 N–H and O–H groups in total. The summed E-state index contributed by atoms with van der Waals surface area (Å²) in [6, 6.07) is 10.7. The Morgan fingerprint density at radius 1 is 0.929 bits per heavy atom. The Morgan fingerprint density at radius 3 is 2.36 bits per heavy atom. The molecule has 1 radical (unpaired) electrons. The number of benzene rings is 1. The number of unbranched alkanes of at least 4 members (excludes halogenated alkanes) is 4. The van der Waals surface area contributed by atoms with Crippen LogP contribution in [-0.2, 0) is 6.42 Å². The highest BCUT2D eigenvalue weighted by molar-refractivity contribution is 5.14. The standard InChI is InChI=1S/C13H20N/c14-12-8-3-1-2-5-9-13-10-6-4-7-11-13/h4,6-7,10-12H,1-3,5,8-9,14H2. The third-order valence-electron chi connectivity index (χ3n) is 2.43. The minimum Gasteiger partial charge on any atom is -0.326 e. The number of rotatable bonds is 7. The van der Waals surface area contributed by atoms with Gasteiger partial charge in [-0.05, 0) is 24.8 Å². The van der Waals surface area contributed by atoms with Gasteiger partial charge in [-0.15, -0.1) is 0 Å². The summed E-state index contributed by atoms with van der Waals surface area (Å²) in [5, 5.41) is 0. The zero-order valence-corrected chi connectivity index (χ0v) is 8.78. The molecule has 0 aliphatic carbocycles. The first-order valence-corrected chi connectivity index (χ1v) is 5.51. The lowest BCUT2D eigenvalue weighted by Gasteiger charge is -2.01. The second-order valence-electron chi connectivity index (χ2n) is 3.67. The molecule has 1 rings (SSSR count). The first kappa shape index (κ1) is 11.3. The smallest absolute Gasteiger partial charge is 0.0192 e. The molecule has 0 fully saturated rings. The Morgan fingerprint density at radius 2 is 1.64 bits per heavy atom. The van der Waals surface area contributed by atoms with Crippen LogP contribution in [0.4, 0.5) is 0 Å². The van der Waals surface area contributed by atoms with E-state index in [-0.39, 0.29) is 0 Å². The van der Waals surface area contributed by atoms with E-state index in [2.05, 4.69) is 30.3 Å². The van der Waals surface area contributed by atoms with Crippen molar-refractivity contribution in [3.63, 3.8) is 0 Å². The highest BCUT2D eigenvalue weighted by Gasteiger charge is 1.92. The van der Waals surface area contributed by atoms with Crippen LogP contribution < -0.4 is 5.73 Å². The molecule has 14 heavy (non-hydrogen) atoms. The van der Waals surface area contributed by atoms with E-state index in [0.717, 1.165) is 6.42 Å². The molecule has 0 saturated heterocycles. The molecule has 1 nitrogen and oxygen atoms in total. The molecule has 0 heterocycles. The molecule has 0 aliphatic heterocycles. The molecule has 0 spiro atoms. The lowest BCUT2D eigenvalue weighted by molar-refractivity contribution is 0.635. The molecule has 1 aromatic rings. The fraction of sp³-hybridized carbons (Fsp3) is 0.462. The predicted molar refractivity (Wildman–Crippen MR) is 61.7 cm³/mol. The van der Waals surface area contributed by atoms with E-state index in [0.29, 0.717) is 0 Å². The topological polar surface area (TPSA) is 26.0 Å². The minimum absolute atomic E-state index is 1.06. The summed E-state index contributed by atoms with van der Waals surface area (Å²) in [7, 11) is 0. The lowest BCUT2D eigenvalue weighted by atomic mass is 10.1.